The summed E-state index contributed by atoms with van der Waals surface area (Å²) in [6.45, 7) is 3.78. The summed E-state index contributed by atoms with van der Waals surface area (Å²) in [4.78, 5) is 16.9. The summed E-state index contributed by atoms with van der Waals surface area (Å²) in [6, 6.07) is 24.0. The molecule has 0 saturated carbocycles. The quantitative estimate of drug-likeness (QED) is 0.446. The van der Waals surface area contributed by atoms with Gasteiger partial charge in [0.15, 0.2) is 5.72 Å². The molecule has 3 aromatic rings. The van der Waals surface area contributed by atoms with Crippen LogP contribution in [-0.2, 0) is 5.72 Å². The molecule has 148 valence electrons. The van der Waals surface area contributed by atoms with Crippen LogP contribution in [0.15, 0.2) is 87.8 Å². The zero-order valence-electron chi connectivity index (χ0n) is 16.0. The number of benzene rings is 3. The highest BCUT2D eigenvalue weighted by molar-refractivity contribution is 9.10. The van der Waals surface area contributed by atoms with Crippen molar-refractivity contribution in [3.05, 3.63) is 93.4 Å². The molecular weight excluding hydrogens is 496 g/mol. The number of anilines is 2. The largest absolute Gasteiger partial charge is 0.365 e. The van der Waals surface area contributed by atoms with Gasteiger partial charge in [-0.15, -0.1) is 0 Å². The first-order valence-electron chi connectivity index (χ1n) is 9.20. The minimum absolute atomic E-state index is 0.286. The second-order valence-electron chi connectivity index (χ2n) is 7.50. The third-order valence-corrected chi connectivity index (χ3v) is 6.52. The van der Waals surface area contributed by atoms with Crippen LogP contribution in [0.4, 0.5) is 16.2 Å². The molecule has 4 rings (SSSR count). The van der Waals surface area contributed by atoms with Crippen LogP contribution in [0.1, 0.15) is 19.4 Å². The molecule has 6 heteroatoms. The molecule has 1 fully saturated rings. The van der Waals surface area contributed by atoms with E-state index in [1.54, 1.807) is 4.90 Å². The number of urea groups is 1. The fourth-order valence-corrected chi connectivity index (χ4v) is 4.50. The van der Waals surface area contributed by atoms with E-state index >= 15 is 0 Å². The predicted octanol–water partition coefficient (Wildman–Crippen LogP) is 6.28. The molecule has 0 aromatic heterocycles. The summed E-state index contributed by atoms with van der Waals surface area (Å²) < 4.78 is 1.83. The van der Waals surface area contributed by atoms with Gasteiger partial charge in [-0.3, -0.25) is 9.80 Å². The lowest BCUT2D eigenvalue weighted by atomic mass is 9.83. The fourth-order valence-electron chi connectivity index (χ4n) is 3.97. The normalized spacial score (nSPS) is 20.9. The van der Waals surface area contributed by atoms with E-state index in [1.807, 2.05) is 92.7 Å². The fraction of sp³-hybridized carbons (Fsp3) is 0.174. The van der Waals surface area contributed by atoms with Crippen molar-refractivity contribution < 1.29 is 9.90 Å². The molecule has 29 heavy (non-hydrogen) atoms. The molecule has 1 atom stereocenters. The summed E-state index contributed by atoms with van der Waals surface area (Å²) in [6.07, 6.45) is 0. The molecule has 1 aliphatic heterocycles. The lowest BCUT2D eigenvalue weighted by Gasteiger charge is -2.42. The first-order valence-corrected chi connectivity index (χ1v) is 10.8. The van der Waals surface area contributed by atoms with E-state index in [0.29, 0.717) is 11.3 Å². The third kappa shape index (κ3) is 3.10. The van der Waals surface area contributed by atoms with Crippen molar-refractivity contribution >= 4 is 49.3 Å². The molecule has 4 nitrogen and oxygen atoms in total. The molecule has 1 N–H and O–H groups in total. The van der Waals surface area contributed by atoms with Crippen molar-refractivity contribution in [2.45, 2.75) is 25.1 Å². The van der Waals surface area contributed by atoms with E-state index in [1.165, 1.54) is 4.90 Å². The smallest absolute Gasteiger partial charge is 0.332 e. The van der Waals surface area contributed by atoms with Gasteiger partial charge in [0.25, 0.3) is 0 Å². The first kappa shape index (κ1) is 20.1. The maximum Gasteiger partial charge on any atom is 0.332 e. The van der Waals surface area contributed by atoms with Gasteiger partial charge in [0.1, 0.15) is 0 Å². The molecule has 0 aliphatic carbocycles. The van der Waals surface area contributed by atoms with Gasteiger partial charge in [0.2, 0.25) is 0 Å². The minimum Gasteiger partial charge on any atom is -0.365 e. The van der Waals surface area contributed by atoms with Crippen molar-refractivity contribution in [3.63, 3.8) is 0 Å². The number of aliphatic hydroxyl groups is 1. The van der Waals surface area contributed by atoms with Gasteiger partial charge in [-0.2, -0.15) is 0 Å². The molecule has 3 aromatic carbocycles. The van der Waals surface area contributed by atoms with E-state index in [2.05, 4.69) is 31.9 Å². The number of hydrogen-bond donors (Lipinski definition) is 1. The number of amides is 2. The van der Waals surface area contributed by atoms with Crippen molar-refractivity contribution in [2.24, 2.45) is 0 Å². The average Bonchev–Trinajstić information content (AvgIpc) is 2.87. The van der Waals surface area contributed by atoms with Gasteiger partial charge in [-0.1, -0.05) is 62.2 Å². The summed E-state index contributed by atoms with van der Waals surface area (Å²) in [5.74, 6) is 0. The van der Waals surface area contributed by atoms with Crippen LogP contribution in [0.5, 0.6) is 0 Å². The molecule has 1 aliphatic rings. The van der Waals surface area contributed by atoms with Gasteiger partial charge in [0.05, 0.1) is 5.54 Å². The number of halogens is 2. The van der Waals surface area contributed by atoms with Gasteiger partial charge in [-0.25, -0.2) is 4.79 Å². The second-order valence-corrected chi connectivity index (χ2v) is 9.33. The van der Waals surface area contributed by atoms with Crippen LogP contribution in [0, 0.1) is 0 Å². The van der Waals surface area contributed by atoms with Crippen LogP contribution >= 0.6 is 31.9 Å². The third-order valence-electron chi connectivity index (χ3n) is 5.46. The lowest BCUT2D eigenvalue weighted by molar-refractivity contribution is -0.00247. The standard InChI is InChI=1S/C23H20Br2N2O2/c1-22(2)23(29,16-6-4-3-5-7-16)27(20-14-10-18(25)11-15-20)21(28)26(22)19-12-8-17(24)9-13-19/h3-15,29H,1-2H3. The van der Waals surface area contributed by atoms with E-state index in [9.17, 15) is 9.90 Å². The number of hydrogen-bond acceptors (Lipinski definition) is 2. The Morgan fingerprint density at radius 1 is 0.724 bits per heavy atom. The Labute approximate surface area is 187 Å². The van der Waals surface area contributed by atoms with Crippen LogP contribution in [-0.4, -0.2) is 16.7 Å². The second kappa shape index (κ2) is 7.27. The van der Waals surface area contributed by atoms with E-state index in [4.69, 9.17) is 0 Å². The van der Waals surface area contributed by atoms with Crippen LogP contribution < -0.4 is 9.80 Å². The lowest BCUT2D eigenvalue weighted by Crippen LogP contribution is -2.56. The number of carbonyl (C=O) groups is 1. The van der Waals surface area contributed by atoms with Gasteiger partial charge in [0, 0.05) is 25.9 Å². The minimum atomic E-state index is -1.58. The maximum absolute atomic E-state index is 13.7. The monoisotopic (exact) mass is 514 g/mol. The van der Waals surface area contributed by atoms with Gasteiger partial charge in [-0.05, 0) is 62.4 Å². The van der Waals surface area contributed by atoms with Crippen molar-refractivity contribution in [1.82, 2.24) is 0 Å². The Morgan fingerprint density at radius 3 is 1.66 bits per heavy atom. The van der Waals surface area contributed by atoms with E-state index in [-0.39, 0.29) is 6.03 Å². The molecule has 1 unspecified atom stereocenters. The van der Waals surface area contributed by atoms with Crippen LogP contribution in [0.3, 0.4) is 0 Å². The van der Waals surface area contributed by atoms with Crippen molar-refractivity contribution in [3.8, 4) is 0 Å². The zero-order valence-corrected chi connectivity index (χ0v) is 19.2. The van der Waals surface area contributed by atoms with Crippen molar-refractivity contribution in [2.75, 3.05) is 9.80 Å². The molecule has 2 amide bonds. The topological polar surface area (TPSA) is 43.8 Å². The summed E-state index contributed by atoms with van der Waals surface area (Å²) in [7, 11) is 0. The first-order chi connectivity index (χ1) is 13.8. The zero-order chi connectivity index (χ0) is 20.8. The summed E-state index contributed by atoms with van der Waals surface area (Å²) >= 11 is 6.88. The highest BCUT2D eigenvalue weighted by Crippen LogP contribution is 2.50. The molecule has 1 heterocycles. The Hall–Kier alpha value is -2.15. The molecule has 0 bridgehead atoms. The average molecular weight is 516 g/mol. The Kier molecular flexibility index (Phi) is 5.05. The van der Waals surface area contributed by atoms with Crippen molar-refractivity contribution in [1.29, 1.82) is 0 Å². The SMILES string of the molecule is CC1(C)N(c2ccc(Br)cc2)C(=O)N(c2ccc(Br)cc2)C1(O)c1ccccc1. The predicted molar refractivity (Wildman–Crippen MR) is 123 cm³/mol. The van der Waals surface area contributed by atoms with E-state index in [0.717, 1.165) is 14.6 Å². The van der Waals surface area contributed by atoms with Crippen LogP contribution in [0.2, 0.25) is 0 Å². The molecular formula is C23H20Br2N2O2. The molecule has 1 saturated heterocycles. The Balaban J connectivity index is 1.95. The summed E-state index contributed by atoms with van der Waals surface area (Å²) in [5, 5.41) is 12.2. The van der Waals surface area contributed by atoms with E-state index < -0.39 is 11.3 Å². The van der Waals surface area contributed by atoms with Gasteiger partial charge < -0.3 is 5.11 Å². The Bertz CT molecular complexity index is 1040. The highest BCUT2D eigenvalue weighted by atomic mass is 79.9. The number of rotatable bonds is 3. The Morgan fingerprint density at radius 2 is 1.17 bits per heavy atom. The highest BCUT2D eigenvalue weighted by Gasteiger charge is 2.63. The number of carbonyl (C=O) groups excluding carboxylic acids is 1. The molecule has 0 spiro atoms. The van der Waals surface area contributed by atoms with Crippen LogP contribution in [0.25, 0.3) is 0 Å². The van der Waals surface area contributed by atoms with Gasteiger partial charge >= 0.3 is 6.03 Å². The summed E-state index contributed by atoms with van der Waals surface area (Å²) in [5.41, 5.74) is -0.534. The molecule has 0 radical (unpaired) electrons. The maximum atomic E-state index is 13.7. The number of nitrogens with zero attached hydrogens (tertiary/aromatic N) is 2.